The molecule has 0 aliphatic rings. The number of benzene rings is 2. The lowest BCUT2D eigenvalue weighted by molar-refractivity contribution is 0.617. The molecule has 0 aliphatic carbocycles. The van der Waals surface area contributed by atoms with Crippen LogP contribution in [-0.2, 0) is 19.6 Å². The SMILES string of the molecule is CN=C(NCc1ccc(Cn2ccnc2)cc1)NCc1ccc(F)c(C)c1. The Kier molecular flexibility index (Phi) is 6.20. The van der Waals surface area contributed by atoms with Gasteiger partial charge in [0.15, 0.2) is 5.96 Å². The fourth-order valence-corrected chi connectivity index (χ4v) is 2.76. The second-order valence-electron chi connectivity index (χ2n) is 6.41. The lowest BCUT2D eigenvalue weighted by Crippen LogP contribution is -2.36. The van der Waals surface area contributed by atoms with Crippen LogP contribution in [0.3, 0.4) is 0 Å². The highest BCUT2D eigenvalue weighted by Gasteiger charge is 2.02. The van der Waals surface area contributed by atoms with E-state index in [0.717, 1.165) is 12.1 Å². The summed E-state index contributed by atoms with van der Waals surface area (Å²) in [4.78, 5) is 8.29. The standard InChI is InChI=1S/C21H24FN5/c1-16-11-19(7-8-20(16)22)13-26-21(23-2)25-12-17-3-5-18(6-4-17)14-27-10-9-24-15-27/h3-11,15H,12-14H2,1-2H3,(H2,23,25,26). The van der Waals surface area contributed by atoms with Gasteiger partial charge in [-0.2, -0.15) is 0 Å². The molecule has 0 saturated heterocycles. The third kappa shape index (κ3) is 5.41. The highest BCUT2D eigenvalue weighted by molar-refractivity contribution is 5.79. The van der Waals surface area contributed by atoms with Gasteiger partial charge in [0.1, 0.15) is 5.82 Å². The summed E-state index contributed by atoms with van der Waals surface area (Å²) in [7, 11) is 1.74. The summed E-state index contributed by atoms with van der Waals surface area (Å²) >= 11 is 0. The predicted molar refractivity (Wildman–Crippen MR) is 106 cm³/mol. The summed E-state index contributed by atoms with van der Waals surface area (Å²) in [6.45, 7) is 3.84. The number of nitrogens with one attached hydrogen (secondary N) is 2. The van der Waals surface area contributed by atoms with E-state index in [0.29, 0.717) is 24.6 Å². The molecule has 1 heterocycles. The summed E-state index contributed by atoms with van der Waals surface area (Å²) in [5, 5.41) is 6.55. The summed E-state index contributed by atoms with van der Waals surface area (Å²) in [5.41, 5.74) is 4.06. The van der Waals surface area contributed by atoms with Crippen LogP contribution in [0.2, 0.25) is 0 Å². The topological polar surface area (TPSA) is 54.2 Å². The van der Waals surface area contributed by atoms with Gasteiger partial charge in [-0.15, -0.1) is 0 Å². The molecular formula is C21H24FN5. The first kappa shape index (κ1) is 18.6. The molecule has 0 fully saturated rings. The lowest BCUT2D eigenvalue weighted by atomic mass is 10.1. The molecule has 3 aromatic rings. The number of nitrogens with zero attached hydrogens (tertiary/aromatic N) is 3. The molecule has 0 aliphatic heterocycles. The Morgan fingerprint density at radius 2 is 1.70 bits per heavy atom. The normalized spacial score (nSPS) is 11.4. The Hall–Kier alpha value is -3.15. The van der Waals surface area contributed by atoms with Crippen molar-refractivity contribution in [2.24, 2.45) is 4.99 Å². The largest absolute Gasteiger partial charge is 0.352 e. The van der Waals surface area contributed by atoms with Crippen molar-refractivity contribution in [2.45, 2.75) is 26.6 Å². The highest BCUT2D eigenvalue weighted by Crippen LogP contribution is 2.09. The quantitative estimate of drug-likeness (QED) is 0.521. The second kappa shape index (κ2) is 8.98. The van der Waals surface area contributed by atoms with Crippen LogP contribution in [-0.4, -0.2) is 22.6 Å². The molecule has 2 N–H and O–H groups in total. The monoisotopic (exact) mass is 365 g/mol. The van der Waals surface area contributed by atoms with Crippen molar-refractivity contribution in [2.75, 3.05) is 7.05 Å². The molecule has 0 radical (unpaired) electrons. The van der Waals surface area contributed by atoms with Gasteiger partial charge in [-0.05, 0) is 35.2 Å². The third-order valence-electron chi connectivity index (χ3n) is 4.31. The molecular weight excluding hydrogens is 341 g/mol. The maximum Gasteiger partial charge on any atom is 0.191 e. The van der Waals surface area contributed by atoms with Crippen molar-refractivity contribution in [1.82, 2.24) is 20.2 Å². The molecule has 0 atom stereocenters. The van der Waals surface area contributed by atoms with Gasteiger partial charge < -0.3 is 15.2 Å². The Labute approximate surface area is 159 Å². The number of guanidine groups is 1. The van der Waals surface area contributed by atoms with E-state index in [-0.39, 0.29) is 5.82 Å². The van der Waals surface area contributed by atoms with Gasteiger partial charge >= 0.3 is 0 Å². The predicted octanol–water partition coefficient (Wildman–Crippen LogP) is 3.24. The molecule has 6 heteroatoms. The number of hydrogen-bond donors (Lipinski definition) is 2. The first-order chi connectivity index (χ1) is 13.1. The van der Waals surface area contributed by atoms with Crippen LogP contribution in [0.4, 0.5) is 4.39 Å². The minimum atomic E-state index is -0.183. The van der Waals surface area contributed by atoms with Crippen LogP contribution in [0.25, 0.3) is 0 Å². The molecule has 0 saturated carbocycles. The molecule has 0 bridgehead atoms. The average molecular weight is 365 g/mol. The van der Waals surface area contributed by atoms with Crippen molar-refractivity contribution >= 4 is 5.96 Å². The van der Waals surface area contributed by atoms with E-state index in [4.69, 9.17) is 0 Å². The van der Waals surface area contributed by atoms with Crippen molar-refractivity contribution in [3.63, 3.8) is 0 Å². The number of imidazole rings is 1. The van der Waals surface area contributed by atoms with Gasteiger partial charge in [0.05, 0.1) is 6.33 Å². The molecule has 140 valence electrons. The number of hydrogen-bond acceptors (Lipinski definition) is 2. The van der Waals surface area contributed by atoms with E-state index >= 15 is 0 Å². The van der Waals surface area contributed by atoms with Crippen LogP contribution in [0.15, 0.2) is 66.2 Å². The zero-order valence-electron chi connectivity index (χ0n) is 15.6. The van der Waals surface area contributed by atoms with Crippen LogP contribution in [0.1, 0.15) is 22.3 Å². The lowest BCUT2D eigenvalue weighted by Gasteiger charge is -2.13. The molecule has 0 unspecified atom stereocenters. The van der Waals surface area contributed by atoms with Gasteiger partial charge in [0.25, 0.3) is 0 Å². The zero-order chi connectivity index (χ0) is 19.1. The Morgan fingerprint density at radius 1 is 1.04 bits per heavy atom. The molecule has 5 nitrogen and oxygen atoms in total. The fraction of sp³-hybridized carbons (Fsp3) is 0.238. The van der Waals surface area contributed by atoms with E-state index in [9.17, 15) is 4.39 Å². The van der Waals surface area contributed by atoms with Gasteiger partial charge in [-0.3, -0.25) is 4.99 Å². The smallest absolute Gasteiger partial charge is 0.191 e. The van der Waals surface area contributed by atoms with Gasteiger partial charge in [0, 0.05) is 39.1 Å². The van der Waals surface area contributed by atoms with Crippen molar-refractivity contribution < 1.29 is 4.39 Å². The van der Waals surface area contributed by atoms with Gasteiger partial charge in [0.2, 0.25) is 0 Å². The van der Waals surface area contributed by atoms with Crippen molar-refractivity contribution in [1.29, 1.82) is 0 Å². The maximum absolute atomic E-state index is 13.3. The van der Waals surface area contributed by atoms with E-state index in [2.05, 4.69) is 44.9 Å². The fourth-order valence-electron chi connectivity index (χ4n) is 2.76. The van der Waals surface area contributed by atoms with E-state index < -0.39 is 0 Å². The maximum atomic E-state index is 13.3. The number of aliphatic imine (C=N–C) groups is 1. The second-order valence-corrected chi connectivity index (χ2v) is 6.41. The third-order valence-corrected chi connectivity index (χ3v) is 4.31. The summed E-state index contributed by atoms with van der Waals surface area (Å²) in [6.07, 6.45) is 5.55. The molecule has 0 spiro atoms. The highest BCUT2D eigenvalue weighted by atomic mass is 19.1. The molecule has 1 aromatic heterocycles. The summed E-state index contributed by atoms with van der Waals surface area (Å²) < 4.78 is 15.4. The average Bonchev–Trinajstić information content (AvgIpc) is 3.19. The van der Waals surface area contributed by atoms with E-state index in [1.807, 2.05) is 23.2 Å². The number of rotatable bonds is 6. The molecule has 2 aromatic carbocycles. The first-order valence-electron chi connectivity index (χ1n) is 8.87. The Bertz CT molecular complexity index is 885. The number of aromatic nitrogens is 2. The van der Waals surface area contributed by atoms with Crippen molar-refractivity contribution in [3.8, 4) is 0 Å². The van der Waals surface area contributed by atoms with Gasteiger partial charge in [-0.1, -0.05) is 36.4 Å². The summed E-state index contributed by atoms with van der Waals surface area (Å²) in [6, 6.07) is 13.6. The van der Waals surface area contributed by atoms with Crippen LogP contribution in [0.5, 0.6) is 0 Å². The summed E-state index contributed by atoms with van der Waals surface area (Å²) in [5.74, 6) is 0.525. The minimum Gasteiger partial charge on any atom is -0.352 e. The number of halogens is 1. The molecule has 3 rings (SSSR count). The van der Waals surface area contributed by atoms with Crippen molar-refractivity contribution in [3.05, 3.63) is 89.3 Å². The Morgan fingerprint density at radius 3 is 2.33 bits per heavy atom. The molecule has 0 amide bonds. The van der Waals surface area contributed by atoms with Crippen LogP contribution in [0, 0.1) is 12.7 Å². The van der Waals surface area contributed by atoms with Crippen LogP contribution >= 0.6 is 0 Å². The zero-order valence-corrected chi connectivity index (χ0v) is 15.6. The van der Waals surface area contributed by atoms with E-state index in [1.165, 1.54) is 17.2 Å². The van der Waals surface area contributed by atoms with Crippen LogP contribution < -0.4 is 10.6 Å². The van der Waals surface area contributed by atoms with Gasteiger partial charge in [-0.25, -0.2) is 9.37 Å². The molecule has 27 heavy (non-hydrogen) atoms. The van der Waals surface area contributed by atoms with E-state index in [1.54, 1.807) is 26.2 Å². The minimum absolute atomic E-state index is 0.183. The Balaban J connectivity index is 1.49. The first-order valence-corrected chi connectivity index (χ1v) is 8.87. The number of aryl methyl sites for hydroxylation is 1.